The average Bonchev–Trinajstić information content (AvgIpc) is 3.52. The van der Waals surface area contributed by atoms with Crippen molar-refractivity contribution >= 4 is 38.3 Å². The lowest BCUT2D eigenvalue weighted by atomic mass is 9.78. The van der Waals surface area contributed by atoms with Crippen molar-refractivity contribution in [2.24, 2.45) is 0 Å². The van der Waals surface area contributed by atoms with Gasteiger partial charge in [-0.2, -0.15) is 10.4 Å². The second kappa shape index (κ2) is 7.33. The zero-order valence-corrected chi connectivity index (χ0v) is 17.7. The molecule has 8 nitrogen and oxygen atoms in total. The summed E-state index contributed by atoms with van der Waals surface area (Å²) in [6, 6.07) is 4.20. The second-order valence-electron chi connectivity index (χ2n) is 7.10. The van der Waals surface area contributed by atoms with Crippen LogP contribution in [-0.4, -0.2) is 42.8 Å². The Morgan fingerprint density at radius 3 is 3.03 bits per heavy atom. The lowest BCUT2D eigenvalue weighted by molar-refractivity contribution is 0.271. The zero-order chi connectivity index (χ0) is 19.8. The normalized spacial score (nSPS) is 20.1. The molecule has 1 saturated heterocycles. The number of halogens is 1. The van der Waals surface area contributed by atoms with Crippen LogP contribution in [0.5, 0.6) is 0 Å². The molecule has 1 fully saturated rings. The molecule has 0 amide bonds. The third-order valence-electron chi connectivity index (χ3n) is 5.56. The van der Waals surface area contributed by atoms with Crippen LogP contribution in [0.1, 0.15) is 23.9 Å². The van der Waals surface area contributed by atoms with E-state index in [2.05, 4.69) is 52.4 Å². The number of aromatic amines is 1. The Balaban J connectivity index is 1.59. The van der Waals surface area contributed by atoms with E-state index in [4.69, 9.17) is 0 Å². The number of rotatable bonds is 5. The van der Waals surface area contributed by atoms with E-state index in [9.17, 15) is 5.26 Å². The lowest BCUT2D eigenvalue weighted by Gasteiger charge is -2.34. The maximum absolute atomic E-state index is 9.60. The third kappa shape index (κ3) is 3.06. The van der Waals surface area contributed by atoms with Crippen molar-refractivity contribution in [3.63, 3.8) is 0 Å². The second-order valence-corrected chi connectivity index (χ2v) is 9.51. The predicted octanol–water partition coefficient (Wildman–Crippen LogP) is 3.43. The van der Waals surface area contributed by atoms with Crippen LogP contribution in [0.2, 0.25) is 0 Å². The molecule has 0 aromatic carbocycles. The first-order valence-corrected chi connectivity index (χ1v) is 10.8. The van der Waals surface area contributed by atoms with Crippen molar-refractivity contribution in [3.05, 3.63) is 46.0 Å². The summed E-state index contributed by atoms with van der Waals surface area (Å²) in [6.07, 6.45) is 10.3. The summed E-state index contributed by atoms with van der Waals surface area (Å²) < 4.78 is 2.91. The van der Waals surface area contributed by atoms with E-state index in [1.165, 1.54) is 0 Å². The highest BCUT2D eigenvalue weighted by Crippen LogP contribution is 2.45. The maximum atomic E-state index is 9.60. The Labute approximate surface area is 179 Å². The highest BCUT2D eigenvalue weighted by atomic mass is 79.9. The predicted molar refractivity (Wildman–Crippen MR) is 113 cm³/mol. The van der Waals surface area contributed by atoms with E-state index >= 15 is 0 Å². The van der Waals surface area contributed by atoms with Crippen LogP contribution in [0.25, 0.3) is 22.3 Å². The van der Waals surface area contributed by atoms with E-state index < -0.39 is 0 Å². The summed E-state index contributed by atoms with van der Waals surface area (Å²) in [6.45, 7) is 1.66. The van der Waals surface area contributed by atoms with Gasteiger partial charge in [0.25, 0.3) is 0 Å². The molecule has 2 atom stereocenters. The van der Waals surface area contributed by atoms with Gasteiger partial charge in [0.1, 0.15) is 17.0 Å². The smallest absolute Gasteiger partial charge is 0.141 e. The molecule has 0 radical (unpaired) electrons. The van der Waals surface area contributed by atoms with Gasteiger partial charge in [-0.3, -0.25) is 4.68 Å². The van der Waals surface area contributed by atoms with Crippen molar-refractivity contribution in [2.45, 2.75) is 24.3 Å². The molecule has 5 rings (SSSR count). The Morgan fingerprint density at radius 2 is 2.28 bits per heavy atom. The average molecular weight is 469 g/mol. The minimum absolute atomic E-state index is 0.127. The molecule has 1 aliphatic rings. The molecular weight excluding hydrogens is 452 g/mol. The number of hydrogen-bond donors (Lipinski definition) is 2. The molecular formula is C19H17BrN8S. The first kappa shape index (κ1) is 18.4. The van der Waals surface area contributed by atoms with Crippen LogP contribution >= 0.6 is 27.3 Å². The van der Waals surface area contributed by atoms with Crippen molar-refractivity contribution in [2.75, 3.05) is 13.1 Å². The molecule has 1 aliphatic heterocycles. The van der Waals surface area contributed by atoms with Gasteiger partial charge in [-0.25, -0.2) is 15.0 Å². The topological polar surface area (TPSA) is 108 Å². The maximum Gasteiger partial charge on any atom is 0.141 e. The van der Waals surface area contributed by atoms with Crippen molar-refractivity contribution in [1.82, 2.24) is 35.0 Å². The first-order valence-electron chi connectivity index (χ1n) is 9.23. The van der Waals surface area contributed by atoms with E-state index in [1.54, 1.807) is 17.7 Å². The van der Waals surface area contributed by atoms with E-state index in [-0.39, 0.29) is 11.5 Å². The summed E-state index contributed by atoms with van der Waals surface area (Å²) >= 11 is 5.16. The quantitative estimate of drug-likeness (QED) is 0.464. The molecule has 0 saturated carbocycles. The Morgan fingerprint density at radius 1 is 1.34 bits per heavy atom. The molecule has 2 N–H and O–H groups in total. The lowest BCUT2D eigenvalue weighted by Crippen LogP contribution is -2.39. The third-order valence-corrected chi connectivity index (χ3v) is 7.26. The van der Waals surface area contributed by atoms with Crippen LogP contribution in [0, 0.1) is 11.3 Å². The Bertz CT molecular complexity index is 1200. The fourth-order valence-electron chi connectivity index (χ4n) is 4.17. The highest BCUT2D eigenvalue weighted by molar-refractivity contribution is 9.11. The monoisotopic (exact) mass is 468 g/mol. The molecule has 4 aromatic heterocycles. The van der Waals surface area contributed by atoms with Gasteiger partial charge in [-0.15, -0.1) is 11.3 Å². The van der Waals surface area contributed by atoms with Crippen LogP contribution in [-0.2, 0) is 5.41 Å². The van der Waals surface area contributed by atoms with Gasteiger partial charge >= 0.3 is 0 Å². The molecule has 5 heterocycles. The molecule has 0 spiro atoms. The van der Waals surface area contributed by atoms with Gasteiger partial charge in [0.15, 0.2) is 0 Å². The first-order chi connectivity index (χ1) is 14.2. The van der Waals surface area contributed by atoms with Gasteiger partial charge in [0, 0.05) is 29.9 Å². The molecule has 10 heteroatoms. The van der Waals surface area contributed by atoms with E-state index in [1.807, 2.05) is 35.5 Å². The molecule has 146 valence electrons. The standard InChI is InChI=1S/C19H17BrN8S/c20-15-8-24-18(29-15)19(3-6-22-10-19)14(1-4-21)28-9-12(7-27-28)16-13-2-5-23-17(13)26-11-25-16/h2,5,7-9,11,14,22H,1,3,6,10H2,(H,23,25,26)/t14-,19-/m0/s1. The van der Waals surface area contributed by atoms with Crippen molar-refractivity contribution < 1.29 is 0 Å². The van der Waals surface area contributed by atoms with Crippen LogP contribution in [0.15, 0.2) is 41.0 Å². The number of hydrogen-bond acceptors (Lipinski definition) is 7. The number of nitrogens with zero attached hydrogens (tertiary/aromatic N) is 6. The van der Waals surface area contributed by atoms with Gasteiger partial charge in [0.2, 0.25) is 0 Å². The van der Waals surface area contributed by atoms with Crippen LogP contribution in [0.4, 0.5) is 0 Å². The summed E-state index contributed by atoms with van der Waals surface area (Å²) in [7, 11) is 0. The molecule has 0 aliphatic carbocycles. The number of nitriles is 1. The van der Waals surface area contributed by atoms with E-state index in [0.29, 0.717) is 6.42 Å². The molecule has 0 unspecified atom stereocenters. The van der Waals surface area contributed by atoms with Crippen LogP contribution in [0.3, 0.4) is 0 Å². The van der Waals surface area contributed by atoms with Crippen molar-refractivity contribution in [3.8, 4) is 17.3 Å². The summed E-state index contributed by atoms with van der Waals surface area (Å²) in [5.41, 5.74) is 2.25. The van der Waals surface area contributed by atoms with E-state index in [0.717, 1.165) is 50.6 Å². The fraction of sp³-hybridized carbons (Fsp3) is 0.316. The SMILES string of the molecule is N#CC[C@H](n1cc(-c2ncnc3[nH]ccc23)cn1)[C@]1(c2ncc(Br)s2)CCNC1. The largest absolute Gasteiger partial charge is 0.346 e. The van der Waals surface area contributed by atoms with Gasteiger partial charge in [-0.1, -0.05) is 0 Å². The number of thiazole rings is 1. The van der Waals surface area contributed by atoms with Gasteiger partial charge in [0.05, 0.1) is 45.8 Å². The highest BCUT2D eigenvalue weighted by Gasteiger charge is 2.46. The zero-order valence-electron chi connectivity index (χ0n) is 15.3. The van der Waals surface area contributed by atoms with Crippen LogP contribution < -0.4 is 5.32 Å². The minimum atomic E-state index is -0.273. The summed E-state index contributed by atoms with van der Waals surface area (Å²) in [5.74, 6) is 0. The fourth-order valence-corrected chi connectivity index (χ4v) is 5.64. The number of fused-ring (bicyclic) bond motifs is 1. The molecule has 4 aromatic rings. The Hall–Kier alpha value is -2.61. The molecule has 0 bridgehead atoms. The van der Waals surface area contributed by atoms with Gasteiger partial charge < -0.3 is 10.3 Å². The number of H-pyrrole nitrogens is 1. The van der Waals surface area contributed by atoms with Crippen molar-refractivity contribution in [1.29, 1.82) is 5.26 Å². The number of nitrogens with one attached hydrogen (secondary N) is 2. The number of aromatic nitrogens is 6. The van der Waals surface area contributed by atoms with Gasteiger partial charge in [-0.05, 0) is 35.0 Å². The Kier molecular flexibility index (Phi) is 4.66. The summed E-state index contributed by atoms with van der Waals surface area (Å²) in [5, 5.41) is 19.7. The summed E-state index contributed by atoms with van der Waals surface area (Å²) in [4.78, 5) is 16.5. The minimum Gasteiger partial charge on any atom is -0.346 e. The molecule has 29 heavy (non-hydrogen) atoms.